The second-order valence-electron chi connectivity index (χ2n) is 8.47. The van der Waals surface area contributed by atoms with Gasteiger partial charge in [0.15, 0.2) is 6.61 Å². The van der Waals surface area contributed by atoms with Crippen molar-refractivity contribution in [2.24, 2.45) is 5.73 Å². The molecule has 0 radical (unpaired) electrons. The van der Waals surface area contributed by atoms with Crippen LogP contribution >= 0.6 is 0 Å². The molecule has 1 atom stereocenters. The molecule has 2 N–H and O–H groups in total. The van der Waals surface area contributed by atoms with Crippen LogP contribution in [0, 0.1) is 0 Å². The monoisotopic (exact) mass is 418 g/mol. The molecule has 6 nitrogen and oxygen atoms in total. The quantitative estimate of drug-likeness (QED) is 0.594. The van der Waals surface area contributed by atoms with E-state index in [1.54, 1.807) is 0 Å². The molecule has 160 valence electrons. The lowest BCUT2D eigenvalue weighted by atomic mass is 9.99. The molecular formula is C25H26N2O4. The number of benzene rings is 2. The largest absolute Gasteiger partial charge is 0.481 e. The zero-order chi connectivity index (χ0) is 21.5. The third kappa shape index (κ3) is 3.56. The number of esters is 1. The number of amides is 1. The number of rotatable bonds is 7. The van der Waals surface area contributed by atoms with Gasteiger partial charge in [-0.3, -0.25) is 4.79 Å². The van der Waals surface area contributed by atoms with E-state index in [0.717, 1.165) is 34.5 Å². The molecule has 31 heavy (non-hydrogen) atoms. The first kappa shape index (κ1) is 19.7. The molecule has 2 aliphatic rings. The second kappa shape index (κ2) is 7.76. The van der Waals surface area contributed by atoms with Crippen molar-refractivity contribution in [3.05, 3.63) is 64.8 Å². The summed E-state index contributed by atoms with van der Waals surface area (Å²) in [6, 6.07) is 14.6. The second-order valence-corrected chi connectivity index (χ2v) is 8.47. The first-order valence-corrected chi connectivity index (χ1v) is 10.8. The van der Waals surface area contributed by atoms with Crippen molar-refractivity contribution < 1.29 is 19.1 Å². The minimum atomic E-state index is -0.449. The van der Waals surface area contributed by atoms with Crippen molar-refractivity contribution in [3.63, 3.8) is 0 Å². The zero-order valence-electron chi connectivity index (χ0n) is 17.6. The average Bonchev–Trinajstić information content (AvgIpc) is 3.46. The van der Waals surface area contributed by atoms with Crippen LogP contribution in [-0.4, -0.2) is 30.2 Å². The maximum Gasteiger partial charge on any atom is 0.343 e. The Bertz CT molecular complexity index is 1160. The number of hydrogen-bond donors (Lipinski definition) is 1. The molecule has 1 aromatic heterocycles. The number of carbonyl (C=O) groups is 2. The normalized spacial score (nSPS) is 17.5. The van der Waals surface area contributed by atoms with Crippen LogP contribution in [0.1, 0.15) is 53.5 Å². The van der Waals surface area contributed by atoms with Crippen LogP contribution in [0.2, 0.25) is 0 Å². The smallest absolute Gasteiger partial charge is 0.343 e. The molecule has 5 rings (SSSR count). The lowest BCUT2D eigenvalue weighted by Gasteiger charge is -2.12. The number of nitrogens with zero attached hydrogens (tertiary/aromatic N) is 1. The molecule has 2 aromatic carbocycles. The number of carbonyl (C=O) groups excluding carboxylic acids is 2. The highest BCUT2D eigenvalue weighted by Crippen LogP contribution is 2.45. The summed E-state index contributed by atoms with van der Waals surface area (Å²) in [6.07, 6.45) is 4.06. The van der Waals surface area contributed by atoms with Gasteiger partial charge in [0.2, 0.25) is 5.91 Å². The number of primary amides is 1. The summed E-state index contributed by atoms with van der Waals surface area (Å²) in [6.45, 7) is 0.530. The lowest BCUT2D eigenvalue weighted by Crippen LogP contribution is -2.19. The fourth-order valence-corrected chi connectivity index (χ4v) is 4.80. The SMILES string of the molecule is COC(=O)COc1cccc2c1c1c(n2Cc2ccc(C3CC3)cc2)CCC1C(N)=O. The van der Waals surface area contributed by atoms with Gasteiger partial charge in [0.05, 0.1) is 18.5 Å². The summed E-state index contributed by atoms with van der Waals surface area (Å²) in [4.78, 5) is 23.8. The summed E-state index contributed by atoms with van der Waals surface area (Å²) in [5.74, 6) is 0.190. The van der Waals surface area contributed by atoms with Crippen LogP contribution in [0.15, 0.2) is 42.5 Å². The Balaban J connectivity index is 1.58. The van der Waals surface area contributed by atoms with Gasteiger partial charge in [0.1, 0.15) is 5.75 Å². The van der Waals surface area contributed by atoms with E-state index in [4.69, 9.17) is 15.2 Å². The fraction of sp³-hybridized carbons (Fsp3) is 0.360. The minimum absolute atomic E-state index is 0.181. The fourth-order valence-electron chi connectivity index (χ4n) is 4.80. The summed E-state index contributed by atoms with van der Waals surface area (Å²) in [7, 11) is 1.33. The van der Waals surface area contributed by atoms with Gasteiger partial charge in [-0.25, -0.2) is 4.79 Å². The third-order valence-corrected chi connectivity index (χ3v) is 6.51. The van der Waals surface area contributed by atoms with E-state index >= 15 is 0 Å². The molecule has 0 spiro atoms. The van der Waals surface area contributed by atoms with Crippen molar-refractivity contribution in [2.45, 2.75) is 44.1 Å². The van der Waals surface area contributed by atoms with Gasteiger partial charge in [-0.15, -0.1) is 0 Å². The van der Waals surface area contributed by atoms with Gasteiger partial charge < -0.3 is 19.8 Å². The molecular weight excluding hydrogens is 392 g/mol. The number of methoxy groups -OCH3 is 1. The molecule has 0 saturated heterocycles. The van der Waals surface area contributed by atoms with Crippen LogP contribution in [0.3, 0.4) is 0 Å². The Morgan fingerprint density at radius 1 is 1.10 bits per heavy atom. The van der Waals surface area contributed by atoms with Crippen LogP contribution in [0.25, 0.3) is 10.9 Å². The molecule has 1 fully saturated rings. The van der Waals surface area contributed by atoms with Gasteiger partial charge in [0, 0.05) is 17.6 Å². The molecule has 0 aliphatic heterocycles. The number of ether oxygens (including phenoxy) is 2. The van der Waals surface area contributed by atoms with Gasteiger partial charge in [0.25, 0.3) is 0 Å². The van der Waals surface area contributed by atoms with Gasteiger partial charge in [-0.2, -0.15) is 0 Å². The molecule has 6 heteroatoms. The van der Waals surface area contributed by atoms with Crippen molar-refractivity contribution >= 4 is 22.8 Å². The van der Waals surface area contributed by atoms with Crippen LogP contribution < -0.4 is 10.5 Å². The molecule has 3 aromatic rings. The highest BCUT2D eigenvalue weighted by atomic mass is 16.6. The number of aromatic nitrogens is 1. The van der Waals surface area contributed by atoms with Gasteiger partial charge in [-0.1, -0.05) is 30.3 Å². The Kier molecular flexibility index (Phi) is 4.93. The standard InChI is InChI=1S/C25H26N2O4/c1-30-22(28)14-31-21-4-2-3-19-24(21)23-18(25(26)29)11-12-20(23)27(19)13-15-5-7-16(8-6-15)17-9-10-17/h2-8,17-18H,9-14H2,1H3,(H2,26,29). The highest BCUT2D eigenvalue weighted by Gasteiger charge is 2.34. The van der Waals surface area contributed by atoms with Crippen LogP contribution in [0.4, 0.5) is 0 Å². The first-order chi connectivity index (χ1) is 15.1. The molecule has 0 bridgehead atoms. The molecule has 1 saturated carbocycles. The Hall–Kier alpha value is -3.28. The van der Waals surface area contributed by atoms with E-state index in [1.165, 1.54) is 31.1 Å². The zero-order valence-corrected chi connectivity index (χ0v) is 17.6. The molecule has 1 heterocycles. The summed E-state index contributed by atoms with van der Waals surface area (Å²) in [5.41, 5.74) is 11.4. The van der Waals surface area contributed by atoms with Crippen molar-refractivity contribution in [1.29, 1.82) is 0 Å². The highest BCUT2D eigenvalue weighted by molar-refractivity contribution is 5.97. The maximum absolute atomic E-state index is 12.2. The number of fused-ring (bicyclic) bond motifs is 3. The van der Waals surface area contributed by atoms with Gasteiger partial charge in [-0.05, 0) is 60.4 Å². The first-order valence-electron chi connectivity index (χ1n) is 10.8. The average molecular weight is 418 g/mol. The minimum Gasteiger partial charge on any atom is -0.481 e. The van der Waals surface area contributed by atoms with E-state index in [1.807, 2.05) is 18.2 Å². The molecule has 2 aliphatic carbocycles. The number of hydrogen-bond acceptors (Lipinski definition) is 4. The Morgan fingerprint density at radius 3 is 2.55 bits per heavy atom. The van der Waals surface area contributed by atoms with Crippen LogP contribution in [0.5, 0.6) is 5.75 Å². The van der Waals surface area contributed by atoms with E-state index in [9.17, 15) is 9.59 Å². The van der Waals surface area contributed by atoms with E-state index in [0.29, 0.717) is 18.7 Å². The Morgan fingerprint density at radius 2 is 1.87 bits per heavy atom. The lowest BCUT2D eigenvalue weighted by molar-refractivity contribution is -0.142. The van der Waals surface area contributed by atoms with Crippen molar-refractivity contribution in [1.82, 2.24) is 4.57 Å². The molecule has 1 amide bonds. The van der Waals surface area contributed by atoms with E-state index < -0.39 is 5.97 Å². The van der Waals surface area contributed by atoms with E-state index in [-0.39, 0.29) is 18.4 Å². The molecule has 1 unspecified atom stereocenters. The predicted octanol–water partition coefficient (Wildman–Crippen LogP) is 3.63. The summed E-state index contributed by atoms with van der Waals surface area (Å²) >= 11 is 0. The topological polar surface area (TPSA) is 83.6 Å². The van der Waals surface area contributed by atoms with Gasteiger partial charge >= 0.3 is 5.97 Å². The van der Waals surface area contributed by atoms with Crippen LogP contribution in [-0.2, 0) is 27.3 Å². The summed E-state index contributed by atoms with van der Waals surface area (Å²) < 4.78 is 12.8. The van der Waals surface area contributed by atoms with Crippen molar-refractivity contribution in [2.75, 3.05) is 13.7 Å². The van der Waals surface area contributed by atoms with Crippen molar-refractivity contribution in [3.8, 4) is 5.75 Å². The Labute approximate surface area is 180 Å². The number of nitrogens with two attached hydrogens (primary N) is 1. The summed E-state index contributed by atoms with van der Waals surface area (Å²) in [5, 5.41) is 0.873. The maximum atomic E-state index is 12.2. The van der Waals surface area contributed by atoms with E-state index in [2.05, 4.69) is 28.8 Å². The predicted molar refractivity (Wildman–Crippen MR) is 117 cm³/mol. The third-order valence-electron chi connectivity index (χ3n) is 6.51.